The summed E-state index contributed by atoms with van der Waals surface area (Å²) < 4.78 is 0. The van der Waals surface area contributed by atoms with Crippen LogP contribution in [0.15, 0.2) is 170 Å². The van der Waals surface area contributed by atoms with Crippen molar-refractivity contribution >= 4 is 26.5 Å². The van der Waals surface area contributed by atoms with Gasteiger partial charge >= 0.3 is 0 Å². The quantitative estimate of drug-likeness (QED) is 0.107. The maximum atomic E-state index is 2.43. The van der Waals surface area contributed by atoms with Crippen LogP contribution in [0.2, 0.25) is 0 Å². The van der Waals surface area contributed by atoms with Crippen LogP contribution in [0, 0.1) is 0 Å². The molecule has 0 saturated carbocycles. The molecule has 0 spiro atoms. The molecule has 3 heteroatoms. The molecule has 0 heterocycles. The summed E-state index contributed by atoms with van der Waals surface area (Å²) in [5, 5.41) is 3.20. The normalized spacial score (nSPS) is 10.6. The van der Waals surface area contributed by atoms with Gasteiger partial charge in [-0.2, -0.15) is 6.07 Å². The minimum absolute atomic E-state index is 0. The summed E-state index contributed by atoms with van der Waals surface area (Å²) in [7, 11) is -0.715. The molecule has 0 saturated heterocycles. The molecule has 0 aliphatic rings. The van der Waals surface area contributed by atoms with E-state index in [1.807, 2.05) is 30.3 Å². The molecule has 0 fully saturated rings. The molecule has 0 unspecified atom stereocenters. The van der Waals surface area contributed by atoms with Gasteiger partial charge in [0.15, 0.2) is 0 Å². The second-order valence-corrected chi connectivity index (χ2v) is 14.3. The summed E-state index contributed by atoms with van der Waals surface area (Å²) in [5.74, 6) is 0. The van der Waals surface area contributed by atoms with E-state index in [-0.39, 0.29) is 32.6 Å². The van der Waals surface area contributed by atoms with Crippen molar-refractivity contribution in [1.82, 2.24) is 0 Å². The Hall–Kier alpha value is -3.05. The van der Waals surface area contributed by atoms with E-state index in [4.69, 9.17) is 0 Å². The Morgan fingerprint density at radius 2 is 0.756 bits per heavy atom. The zero-order chi connectivity index (χ0) is 27.2. The van der Waals surface area contributed by atoms with Crippen LogP contribution >= 0.6 is 15.8 Å². The minimum Gasteiger partial charge on any atom is -0.748 e. The average molecular weight is 614 g/mol. The first-order valence-corrected chi connectivity index (χ1v) is 17.4. The van der Waals surface area contributed by atoms with Gasteiger partial charge in [-0.05, 0) is 46.9 Å². The van der Waals surface area contributed by atoms with E-state index in [0.717, 1.165) is 24.6 Å². The summed E-state index contributed by atoms with van der Waals surface area (Å²) in [6.45, 7) is 0. The maximum Gasteiger partial charge on any atom is 0 e. The third-order valence-corrected chi connectivity index (χ3v) is 12.2. The molecule has 0 bridgehead atoms. The number of hydrogen-bond donors (Lipinski definition) is 0. The number of hydrogen-bond acceptors (Lipinski definition) is 0. The van der Waals surface area contributed by atoms with Gasteiger partial charge in [-0.1, -0.05) is 129 Å². The van der Waals surface area contributed by atoms with Gasteiger partial charge in [0.2, 0.25) is 0 Å². The van der Waals surface area contributed by atoms with Crippen molar-refractivity contribution in [1.29, 1.82) is 0 Å². The first-order chi connectivity index (χ1) is 19.8. The van der Waals surface area contributed by atoms with Crippen LogP contribution in [-0.2, 0) is 41.4 Å². The van der Waals surface area contributed by atoms with Crippen LogP contribution in [-0.4, -0.2) is 0 Å². The second kappa shape index (κ2) is 17.0. The van der Waals surface area contributed by atoms with Gasteiger partial charge in [0.05, 0.1) is 0 Å². The van der Waals surface area contributed by atoms with Gasteiger partial charge in [0.1, 0.15) is 0 Å². The van der Waals surface area contributed by atoms with E-state index in [2.05, 4.69) is 140 Å². The van der Waals surface area contributed by atoms with Gasteiger partial charge in [-0.25, -0.2) is 12.1 Å². The number of rotatable bonds is 10. The van der Waals surface area contributed by atoms with Crippen LogP contribution in [0.1, 0.15) is 22.3 Å². The maximum absolute atomic E-state index is 2.43. The van der Waals surface area contributed by atoms with E-state index in [1.165, 1.54) is 22.3 Å². The Labute approximate surface area is 258 Å². The zero-order valence-electron chi connectivity index (χ0n) is 23.2. The van der Waals surface area contributed by atoms with Gasteiger partial charge in [-0.3, -0.25) is 0 Å². The Bertz CT molecular complexity index is 1280. The predicted molar refractivity (Wildman–Crippen MR) is 178 cm³/mol. The molecule has 0 atom stereocenters. The van der Waals surface area contributed by atoms with Crippen LogP contribution in [0.3, 0.4) is 0 Å². The van der Waals surface area contributed by atoms with Crippen LogP contribution in [0.5, 0.6) is 0 Å². The molecule has 0 aliphatic carbocycles. The summed E-state index contributed by atoms with van der Waals surface area (Å²) in [5.41, 5.74) is 5.77. The number of benzene rings is 4. The molecule has 0 N–H and O–H groups in total. The van der Waals surface area contributed by atoms with Gasteiger partial charge in [0, 0.05) is 16.8 Å². The minimum atomic E-state index is -0.358. The standard InChI is InChI=1S/C33H31P2.C5H5.Co/c1-5-14-28(15-6-1)24-34(25-29-16-7-2-8-17-29)32-22-13-23-33(32)35(26-30-18-9-3-10-19-30)27-31-20-11-4-12-21-31;1-2-4-5-3-1;/h1-23H,24-27H2;1-5H;/q-1;-5;. The van der Waals surface area contributed by atoms with Crippen molar-refractivity contribution in [3.8, 4) is 0 Å². The van der Waals surface area contributed by atoms with Gasteiger partial charge < -0.3 is 30.3 Å². The summed E-state index contributed by atoms with van der Waals surface area (Å²) in [6, 6.07) is 61.4. The smallest absolute Gasteiger partial charge is 0 e. The molecule has 0 aromatic heterocycles. The molecule has 41 heavy (non-hydrogen) atoms. The topological polar surface area (TPSA) is 0 Å². The zero-order valence-corrected chi connectivity index (χ0v) is 26.1. The second-order valence-electron chi connectivity index (χ2n) is 9.91. The fraction of sp³-hybridized carbons (Fsp3) is 0.105. The monoisotopic (exact) mass is 613 g/mol. The first-order valence-electron chi connectivity index (χ1n) is 13.9. The van der Waals surface area contributed by atoms with E-state index < -0.39 is 0 Å². The van der Waals surface area contributed by atoms with Crippen LogP contribution in [0.25, 0.3) is 0 Å². The van der Waals surface area contributed by atoms with E-state index in [0.29, 0.717) is 0 Å². The molecule has 6 rings (SSSR count). The summed E-state index contributed by atoms with van der Waals surface area (Å²) in [6.07, 6.45) is 4.51. The molecule has 6 aromatic carbocycles. The molecule has 0 amide bonds. The third kappa shape index (κ3) is 9.77. The Balaban J connectivity index is 0.000000584. The van der Waals surface area contributed by atoms with E-state index >= 15 is 0 Å². The molecule has 0 aliphatic heterocycles. The molecule has 0 nitrogen and oxygen atoms in total. The molecular weight excluding hydrogens is 577 g/mol. The Morgan fingerprint density at radius 1 is 0.415 bits per heavy atom. The van der Waals surface area contributed by atoms with Crippen molar-refractivity contribution in [2.75, 3.05) is 0 Å². The van der Waals surface area contributed by atoms with Crippen molar-refractivity contribution in [3.63, 3.8) is 0 Å². The average Bonchev–Trinajstić information content (AvgIpc) is 3.75. The third-order valence-electron chi connectivity index (χ3n) is 6.87. The van der Waals surface area contributed by atoms with E-state index in [1.54, 1.807) is 10.6 Å². The fourth-order valence-electron chi connectivity index (χ4n) is 4.92. The SMILES string of the molecule is [Co].[cH-]1[cH-][cH-][cH-][cH-]1.c1ccc(CP(Cc2ccccc2)c2ccc[c-]2P(Cc2ccccc2)Cc2ccccc2)cc1. The Kier molecular flexibility index (Phi) is 12.8. The van der Waals surface area contributed by atoms with Crippen LogP contribution in [0.4, 0.5) is 0 Å². The van der Waals surface area contributed by atoms with Gasteiger partial charge in [-0.15, -0.1) is 18.5 Å². The Morgan fingerprint density at radius 3 is 1.12 bits per heavy atom. The van der Waals surface area contributed by atoms with Crippen molar-refractivity contribution < 1.29 is 16.8 Å². The molecule has 1 radical (unpaired) electrons. The van der Waals surface area contributed by atoms with Crippen molar-refractivity contribution in [2.24, 2.45) is 0 Å². The van der Waals surface area contributed by atoms with Gasteiger partial charge in [0.25, 0.3) is 0 Å². The van der Waals surface area contributed by atoms with Crippen LogP contribution < -0.4 is 10.6 Å². The van der Waals surface area contributed by atoms with E-state index in [9.17, 15) is 0 Å². The molecule has 6 aromatic rings. The first kappa shape index (κ1) is 30.9. The fourth-order valence-corrected chi connectivity index (χ4v) is 10.7. The molecular formula is C38H36CoP2-6. The molecule has 213 valence electrons. The summed E-state index contributed by atoms with van der Waals surface area (Å²) in [4.78, 5) is 0. The summed E-state index contributed by atoms with van der Waals surface area (Å²) >= 11 is 0. The largest absolute Gasteiger partial charge is 0.748 e. The predicted octanol–water partition coefficient (Wildman–Crippen LogP) is 9.82. The van der Waals surface area contributed by atoms with Crippen molar-refractivity contribution in [2.45, 2.75) is 24.6 Å². The van der Waals surface area contributed by atoms with Crippen molar-refractivity contribution in [3.05, 3.63) is 192 Å².